The van der Waals surface area contributed by atoms with Crippen LogP contribution in [0.15, 0.2) is 36.4 Å². The Morgan fingerprint density at radius 3 is 2.90 bits per heavy atom. The average molecular weight is 290 g/mol. The highest BCUT2D eigenvalue weighted by Gasteiger charge is 2.07. The Bertz CT molecular complexity index is 581. The van der Waals surface area contributed by atoms with Crippen molar-refractivity contribution in [2.75, 3.05) is 18.9 Å². The number of anilines is 1. The minimum Gasteiger partial charge on any atom is -0.492 e. The molecule has 2 rings (SSSR count). The fraction of sp³-hybridized carbons (Fsp3) is 0.267. The molecule has 0 atom stereocenters. The molecule has 3 N–H and O–H groups in total. The summed E-state index contributed by atoms with van der Waals surface area (Å²) < 4.78 is 5.51. The summed E-state index contributed by atoms with van der Waals surface area (Å²) >= 11 is 1.53. The van der Waals surface area contributed by atoms with Gasteiger partial charge >= 0.3 is 0 Å². The maximum absolute atomic E-state index is 11.9. The molecule has 0 spiro atoms. The van der Waals surface area contributed by atoms with Crippen LogP contribution < -0.4 is 15.8 Å². The molecule has 0 saturated carbocycles. The van der Waals surface area contributed by atoms with E-state index in [4.69, 9.17) is 10.5 Å². The summed E-state index contributed by atoms with van der Waals surface area (Å²) in [6.45, 7) is 2.96. The molecule has 0 bridgehead atoms. The Morgan fingerprint density at radius 1 is 1.35 bits per heavy atom. The molecule has 20 heavy (non-hydrogen) atoms. The van der Waals surface area contributed by atoms with Crippen LogP contribution >= 0.6 is 11.3 Å². The first-order valence-electron chi connectivity index (χ1n) is 6.54. The van der Waals surface area contributed by atoms with Crippen LogP contribution in [0, 0.1) is 0 Å². The Morgan fingerprint density at radius 2 is 2.20 bits per heavy atom. The fourth-order valence-electron chi connectivity index (χ4n) is 1.71. The van der Waals surface area contributed by atoms with Crippen LogP contribution in [0.4, 0.5) is 5.69 Å². The van der Waals surface area contributed by atoms with E-state index in [1.165, 1.54) is 16.2 Å². The third kappa shape index (κ3) is 3.99. The highest BCUT2D eigenvalue weighted by Crippen LogP contribution is 2.16. The normalized spacial score (nSPS) is 10.2. The average Bonchev–Trinajstić information content (AvgIpc) is 2.92. The van der Waals surface area contributed by atoms with Gasteiger partial charge in [-0.1, -0.05) is 13.0 Å². The maximum Gasteiger partial charge on any atom is 0.261 e. The first-order valence-corrected chi connectivity index (χ1v) is 7.36. The second-order valence-corrected chi connectivity index (χ2v) is 5.46. The minimum absolute atomic E-state index is 0.0501. The molecule has 0 aliphatic carbocycles. The SMILES string of the molecule is CCc1ccc(C(=O)NCCOc2cccc(N)c2)s1. The topological polar surface area (TPSA) is 64.3 Å². The lowest BCUT2D eigenvalue weighted by Gasteiger charge is -2.07. The van der Waals surface area contributed by atoms with E-state index in [1.54, 1.807) is 12.1 Å². The van der Waals surface area contributed by atoms with Gasteiger partial charge in [-0.25, -0.2) is 0 Å². The van der Waals surface area contributed by atoms with Crippen molar-refractivity contribution in [3.63, 3.8) is 0 Å². The van der Waals surface area contributed by atoms with Gasteiger partial charge in [0, 0.05) is 16.6 Å². The maximum atomic E-state index is 11.9. The van der Waals surface area contributed by atoms with E-state index in [-0.39, 0.29) is 5.91 Å². The van der Waals surface area contributed by atoms with Crippen molar-refractivity contribution >= 4 is 22.9 Å². The molecule has 0 radical (unpaired) electrons. The lowest BCUT2D eigenvalue weighted by Crippen LogP contribution is -2.27. The lowest BCUT2D eigenvalue weighted by atomic mass is 10.3. The minimum atomic E-state index is -0.0501. The Hall–Kier alpha value is -2.01. The van der Waals surface area contributed by atoms with Crippen LogP contribution in [0.5, 0.6) is 5.75 Å². The van der Waals surface area contributed by atoms with Crippen molar-refractivity contribution in [1.82, 2.24) is 5.32 Å². The number of benzene rings is 1. The largest absolute Gasteiger partial charge is 0.492 e. The second kappa shape index (κ2) is 6.96. The van der Waals surface area contributed by atoms with Gasteiger partial charge in [0.2, 0.25) is 0 Å². The summed E-state index contributed by atoms with van der Waals surface area (Å²) in [6.07, 6.45) is 0.955. The van der Waals surface area contributed by atoms with Gasteiger partial charge in [-0.15, -0.1) is 11.3 Å². The quantitative estimate of drug-likeness (QED) is 0.635. The lowest BCUT2D eigenvalue weighted by molar-refractivity contribution is 0.0951. The molecule has 1 aromatic carbocycles. The Balaban J connectivity index is 1.74. The van der Waals surface area contributed by atoms with Crippen LogP contribution in [-0.4, -0.2) is 19.1 Å². The molecule has 0 saturated heterocycles. The van der Waals surface area contributed by atoms with Crippen molar-refractivity contribution in [1.29, 1.82) is 0 Å². The zero-order chi connectivity index (χ0) is 14.4. The van der Waals surface area contributed by atoms with Gasteiger partial charge in [0.25, 0.3) is 5.91 Å². The van der Waals surface area contributed by atoms with Crippen LogP contribution in [-0.2, 0) is 6.42 Å². The summed E-state index contributed by atoms with van der Waals surface area (Å²) in [5.41, 5.74) is 6.32. The van der Waals surface area contributed by atoms with Gasteiger partial charge in [0.05, 0.1) is 11.4 Å². The van der Waals surface area contributed by atoms with Crippen LogP contribution in [0.2, 0.25) is 0 Å². The number of ether oxygens (including phenoxy) is 1. The summed E-state index contributed by atoms with van der Waals surface area (Å²) in [4.78, 5) is 13.8. The van der Waals surface area contributed by atoms with Crippen molar-refractivity contribution in [3.05, 3.63) is 46.2 Å². The Kier molecular flexibility index (Phi) is 5.01. The molecule has 1 amide bonds. The van der Waals surface area contributed by atoms with Gasteiger partial charge in [-0.05, 0) is 30.7 Å². The number of nitrogen functional groups attached to an aromatic ring is 1. The van der Waals surface area contributed by atoms with E-state index in [0.717, 1.165) is 11.3 Å². The van der Waals surface area contributed by atoms with E-state index >= 15 is 0 Å². The molecule has 0 fully saturated rings. The molecule has 5 heteroatoms. The molecule has 2 aromatic rings. The molecule has 0 aliphatic heterocycles. The summed E-state index contributed by atoms with van der Waals surface area (Å²) in [5.74, 6) is 0.662. The first kappa shape index (κ1) is 14.4. The van der Waals surface area contributed by atoms with Gasteiger partial charge in [-0.3, -0.25) is 4.79 Å². The van der Waals surface area contributed by atoms with Gasteiger partial charge in [0.1, 0.15) is 12.4 Å². The van der Waals surface area contributed by atoms with Crippen molar-refractivity contribution in [2.24, 2.45) is 0 Å². The number of carbonyl (C=O) groups excluding carboxylic acids is 1. The number of aryl methyl sites for hydroxylation is 1. The predicted octanol–water partition coefficient (Wildman–Crippen LogP) is 2.70. The van der Waals surface area contributed by atoms with E-state index in [9.17, 15) is 4.79 Å². The zero-order valence-electron chi connectivity index (χ0n) is 11.4. The molecular formula is C15H18N2O2S. The standard InChI is InChI=1S/C15H18N2O2S/c1-2-13-6-7-14(20-13)15(18)17-8-9-19-12-5-3-4-11(16)10-12/h3-7,10H,2,8-9,16H2,1H3,(H,17,18). The monoisotopic (exact) mass is 290 g/mol. The van der Waals surface area contributed by atoms with Crippen LogP contribution in [0.1, 0.15) is 21.5 Å². The molecule has 4 nitrogen and oxygen atoms in total. The highest BCUT2D eigenvalue weighted by molar-refractivity contribution is 7.14. The molecule has 1 heterocycles. The summed E-state index contributed by atoms with van der Waals surface area (Å²) in [6, 6.07) is 11.1. The molecule has 0 unspecified atom stereocenters. The number of nitrogens with two attached hydrogens (primary N) is 1. The number of nitrogens with one attached hydrogen (secondary N) is 1. The number of amides is 1. The van der Waals surface area contributed by atoms with Crippen molar-refractivity contribution in [2.45, 2.75) is 13.3 Å². The van der Waals surface area contributed by atoms with Gasteiger partial charge < -0.3 is 15.8 Å². The molecule has 1 aromatic heterocycles. The van der Waals surface area contributed by atoms with Crippen molar-refractivity contribution in [3.8, 4) is 5.75 Å². The number of thiophene rings is 1. The second-order valence-electron chi connectivity index (χ2n) is 4.30. The van der Waals surface area contributed by atoms with Crippen molar-refractivity contribution < 1.29 is 9.53 Å². The number of hydrogen-bond acceptors (Lipinski definition) is 4. The van der Waals surface area contributed by atoms with E-state index in [0.29, 0.717) is 24.6 Å². The van der Waals surface area contributed by atoms with Crippen LogP contribution in [0.25, 0.3) is 0 Å². The summed E-state index contributed by atoms with van der Waals surface area (Å²) in [7, 11) is 0. The number of hydrogen-bond donors (Lipinski definition) is 2. The molecule has 0 aliphatic rings. The summed E-state index contributed by atoms with van der Waals surface area (Å²) in [5, 5.41) is 2.84. The first-order chi connectivity index (χ1) is 9.69. The van der Waals surface area contributed by atoms with E-state index in [2.05, 4.69) is 12.2 Å². The van der Waals surface area contributed by atoms with E-state index < -0.39 is 0 Å². The number of carbonyl (C=O) groups is 1. The highest BCUT2D eigenvalue weighted by atomic mass is 32.1. The smallest absolute Gasteiger partial charge is 0.261 e. The molecule has 106 valence electrons. The van der Waals surface area contributed by atoms with Gasteiger partial charge in [0.15, 0.2) is 0 Å². The van der Waals surface area contributed by atoms with Gasteiger partial charge in [-0.2, -0.15) is 0 Å². The van der Waals surface area contributed by atoms with Crippen LogP contribution in [0.3, 0.4) is 0 Å². The third-order valence-corrected chi connectivity index (χ3v) is 3.98. The third-order valence-electron chi connectivity index (χ3n) is 2.75. The number of rotatable bonds is 6. The predicted molar refractivity (Wildman–Crippen MR) is 82.4 cm³/mol. The molecular weight excluding hydrogens is 272 g/mol. The zero-order valence-corrected chi connectivity index (χ0v) is 12.2. The Labute approximate surface area is 122 Å². The fourth-order valence-corrected chi connectivity index (χ4v) is 2.58. The van der Waals surface area contributed by atoms with E-state index in [1.807, 2.05) is 24.3 Å².